The van der Waals surface area contributed by atoms with Crippen LogP contribution in [-0.4, -0.2) is 68.2 Å². The summed E-state index contributed by atoms with van der Waals surface area (Å²) in [6.07, 6.45) is 1.51. The molecule has 1 aromatic heterocycles. The molecule has 1 aliphatic rings. The van der Waals surface area contributed by atoms with Gasteiger partial charge in [0.25, 0.3) is 5.91 Å². The van der Waals surface area contributed by atoms with Gasteiger partial charge in [-0.15, -0.1) is 0 Å². The minimum atomic E-state index is -0.211. The van der Waals surface area contributed by atoms with E-state index in [0.29, 0.717) is 33.8 Å². The van der Waals surface area contributed by atoms with Gasteiger partial charge < -0.3 is 30.5 Å². The molecule has 178 valence electrons. The lowest BCUT2D eigenvalue weighted by Gasteiger charge is -2.34. The Balaban J connectivity index is 1.55. The second-order valence-electron chi connectivity index (χ2n) is 7.94. The predicted octanol–water partition coefficient (Wildman–Crippen LogP) is 3.74. The van der Waals surface area contributed by atoms with Crippen LogP contribution in [0.25, 0.3) is 0 Å². The molecule has 0 spiro atoms. The molecular formula is C24H28ClN7O2. The molecule has 3 aromatic rings. The summed E-state index contributed by atoms with van der Waals surface area (Å²) in [6, 6.07) is 13.2. The number of nitrogens with one attached hydrogen (secondary N) is 3. The first-order chi connectivity index (χ1) is 16.5. The Hall–Kier alpha value is -3.56. The zero-order valence-electron chi connectivity index (χ0n) is 19.4. The number of methoxy groups -OCH3 is 1. The van der Waals surface area contributed by atoms with Crippen LogP contribution in [0.5, 0.6) is 5.75 Å². The van der Waals surface area contributed by atoms with Gasteiger partial charge in [0.2, 0.25) is 5.95 Å². The summed E-state index contributed by atoms with van der Waals surface area (Å²) >= 11 is 6.34. The second kappa shape index (κ2) is 10.6. The summed E-state index contributed by atoms with van der Waals surface area (Å²) in [7, 11) is 5.36. The monoisotopic (exact) mass is 481 g/mol. The number of likely N-dealkylation sites (N-methyl/N-ethyl adjacent to an activating group) is 1. The average Bonchev–Trinajstić information content (AvgIpc) is 2.86. The zero-order chi connectivity index (χ0) is 24.1. The molecule has 2 heterocycles. The molecule has 1 aliphatic heterocycles. The number of nitrogens with zero attached hydrogens (tertiary/aromatic N) is 4. The fourth-order valence-electron chi connectivity index (χ4n) is 3.73. The Bertz CT molecular complexity index is 1170. The first-order valence-electron chi connectivity index (χ1n) is 11.0. The van der Waals surface area contributed by atoms with Gasteiger partial charge in [-0.05, 0) is 31.3 Å². The van der Waals surface area contributed by atoms with Crippen molar-refractivity contribution >= 4 is 46.3 Å². The lowest BCUT2D eigenvalue weighted by molar-refractivity contribution is 0.0964. The van der Waals surface area contributed by atoms with Crippen LogP contribution < -0.4 is 25.6 Å². The van der Waals surface area contributed by atoms with E-state index in [1.165, 1.54) is 6.20 Å². The van der Waals surface area contributed by atoms with Crippen molar-refractivity contribution in [2.24, 2.45) is 0 Å². The maximum absolute atomic E-state index is 12.2. The van der Waals surface area contributed by atoms with Crippen molar-refractivity contribution in [1.82, 2.24) is 20.2 Å². The van der Waals surface area contributed by atoms with E-state index in [-0.39, 0.29) is 5.91 Å². The SMILES string of the molecule is CNC(=O)c1ccccc1Nc1nc(Nc2ccc(N3CCN(C)CC3)cc2OC)ncc1Cl. The van der Waals surface area contributed by atoms with Crippen molar-refractivity contribution in [3.8, 4) is 5.75 Å². The number of anilines is 5. The molecule has 0 saturated carbocycles. The number of carbonyl (C=O) groups is 1. The van der Waals surface area contributed by atoms with Gasteiger partial charge in [0.05, 0.1) is 30.2 Å². The number of benzene rings is 2. The smallest absolute Gasteiger partial charge is 0.253 e. The van der Waals surface area contributed by atoms with Gasteiger partial charge in [-0.25, -0.2) is 4.98 Å². The molecule has 34 heavy (non-hydrogen) atoms. The number of amides is 1. The summed E-state index contributed by atoms with van der Waals surface area (Å²) in [5, 5.41) is 9.31. The number of aromatic nitrogens is 2. The van der Waals surface area contributed by atoms with Crippen molar-refractivity contribution in [3.63, 3.8) is 0 Å². The molecule has 0 radical (unpaired) electrons. The maximum Gasteiger partial charge on any atom is 0.253 e. The highest BCUT2D eigenvalue weighted by Gasteiger charge is 2.17. The highest BCUT2D eigenvalue weighted by molar-refractivity contribution is 6.33. The van der Waals surface area contributed by atoms with Gasteiger partial charge in [-0.1, -0.05) is 23.7 Å². The molecule has 9 nitrogen and oxygen atoms in total. The third-order valence-corrected chi connectivity index (χ3v) is 5.97. The summed E-state index contributed by atoms with van der Waals surface area (Å²) in [6.45, 7) is 4.00. The molecule has 0 atom stereocenters. The van der Waals surface area contributed by atoms with E-state index in [2.05, 4.69) is 48.8 Å². The Kier molecular flexibility index (Phi) is 7.34. The van der Waals surface area contributed by atoms with Crippen LogP contribution in [0.15, 0.2) is 48.7 Å². The molecule has 1 amide bonds. The van der Waals surface area contributed by atoms with Gasteiger partial charge in [-0.2, -0.15) is 4.98 Å². The molecule has 2 aromatic carbocycles. The van der Waals surface area contributed by atoms with E-state index in [1.54, 1.807) is 32.4 Å². The summed E-state index contributed by atoms with van der Waals surface area (Å²) in [5.74, 6) is 1.20. The summed E-state index contributed by atoms with van der Waals surface area (Å²) in [5.41, 5.74) is 2.91. The van der Waals surface area contributed by atoms with E-state index in [1.807, 2.05) is 18.2 Å². The molecule has 10 heteroatoms. The molecule has 0 aliphatic carbocycles. The van der Waals surface area contributed by atoms with Crippen LogP contribution in [0, 0.1) is 0 Å². The lowest BCUT2D eigenvalue weighted by atomic mass is 10.1. The number of carbonyl (C=O) groups excluding carboxylic acids is 1. The van der Waals surface area contributed by atoms with E-state index < -0.39 is 0 Å². The minimum absolute atomic E-state index is 0.211. The van der Waals surface area contributed by atoms with Crippen molar-refractivity contribution in [2.75, 3.05) is 62.9 Å². The maximum atomic E-state index is 12.2. The standard InChI is InChI=1S/C24H28ClN7O2/c1-26-23(33)17-6-4-5-7-19(17)28-22-18(25)15-27-24(30-22)29-20-9-8-16(14-21(20)34-3)32-12-10-31(2)11-13-32/h4-9,14-15H,10-13H2,1-3H3,(H,26,33)(H2,27,28,29,30). The van der Waals surface area contributed by atoms with Crippen LogP contribution in [0.3, 0.4) is 0 Å². The third-order valence-electron chi connectivity index (χ3n) is 5.70. The molecular weight excluding hydrogens is 454 g/mol. The van der Waals surface area contributed by atoms with Gasteiger partial charge in [0.15, 0.2) is 5.82 Å². The van der Waals surface area contributed by atoms with Gasteiger partial charge in [0.1, 0.15) is 10.8 Å². The van der Waals surface area contributed by atoms with Crippen molar-refractivity contribution in [3.05, 3.63) is 59.2 Å². The lowest BCUT2D eigenvalue weighted by Crippen LogP contribution is -2.44. The molecule has 1 saturated heterocycles. The largest absolute Gasteiger partial charge is 0.494 e. The average molecular weight is 482 g/mol. The second-order valence-corrected chi connectivity index (χ2v) is 8.35. The number of hydrogen-bond donors (Lipinski definition) is 3. The van der Waals surface area contributed by atoms with E-state index in [9.17, 15) is 4.79 Å². The molecule has 1 fully saturated rings. The van der Waals surface area contributed by atoms with E-state index >= 15 is 0 Å². The van der Waals surface area contributed by atoms with Gasteiger partial charge in [-0.3, -0.25) is 4.79 Å². The minimum Gasteiger partial charge on any atom is -0.494 e. The van der Waals surface area contributed by atoms with E-state index in [4.69, 9.17) is 16.3 Å². The number of ether oxygens (including phenoxy) is 1. The van der Waals surface area contributed by atoms with Crippen molar-refractivity contribution in [2.45, 2.75) is 0 Å². The van der Waals surface area contributed by atoms with Crippen LogP contribution in [-0.2, 0) is 0 Å². The van der Waals surface area contributed by atoms with Crippen LogP contribution >= 0.6 is 11.6 Å². The highest BCUT2D eigenvalue weighted by atomic mass is 35.5. The molecule has 4 rings (SSSR count). The quantitative estimate of drug-likeness (QED) is 0.470. The summed E-state index contributed by atoms with van der Waals surface area (Å²) in [4.78, 5) is 25.7. The Morgan fingerprint density at radius 3 is 2.56 bits per heavy atom. The first-order valence-corrected chi connectivity index (χ1v) is 11.4. The van der Waals surface area contributed by atoms with Crippen LogP contribution in [0.4, 0.5) is 28.8 Å². The fourth-order valence-corrected chi connectivity index (χ4v) is 3.87. The Labute approximate surface area is 204 Å². The number of hydrogen-bond acceptors (Lipinski definition) is 8. The molecule has 0 unspecified atom stereocenters. The highest BCUT2D eigenvalue weighted by Crippen LogP contribution is 2.33. The zero-order valence-corrected chi connectivity index (χ0v) is 20.2. The fraction of sp³-hybridized carbons (Fsp3) is 0.292. The number of halogens is 1. The third kappa shape index (κ3) is 5.32. The number of rotatable bonds is 7. The number of piperazine rings is 1. The van der Waals surface area contributed by atoms with Crippen LogP contribution in [0.2, 0.25) is 5.02 Å². The van der Waals surface area contributed by atoms with E-state index in [0.717, 1.165) is 37.6 Å². The topological polar surface area (TPSA) is 94.6 Å². The Morgan fingerprint density at radius 1 is 1.06 bits per heavy atom. The summed E-state index contributed by atoms with van der Waals surface area (Å²) < 4.78 is 5.63. The van der Waals surface area contributed by atoms with Gasteiger partial charge in [0, 0.05) is 45.0 Å². The van der Waals surface area contributed by atoms with Crippen molar-refractivity contribution in [1.29, 1.82) is 0 Å². The number of para-hydroxylation sites is 1. The van der Waals surface area contributed by atoms with Gasteiger partial charge >= 0.3 is 0 Å². The first kappa shape index (κ1) is 23.6. The molecule has 3 N–H and O–H groups in total. The normalized spacial score (nSPS) is 13.9. The predicted molar refractivity (Wildman–Crippen MR) is 136 cm³/mol. The van der Waals surface area contributed by atoms with Crippen molar-refractivity contribution < 1.29 is 9.53 Å². The Morgan fingerprint density at radius 2 is 1.82 bits per heavy atom. The molecule has 0 bridgehead atoms. The van der Waals surface area contributed by atoms with Crippen LogP contribution in [0.1, 0.15) is 10.4 Å².